The maximum atomic E-state index is 13.9. The number of ketones is 1. The van der Waals surface area contributed by atoms with Crippen molar-refractivity contribution in [2.45, 2.75) is 43.9 Å². The number of benzene rings is 4. The van der Waals surface area contributed by atoms with Gasteiger partial charge in [-0.3, -0.25) is 4.79 Å². The summed E-state index contributed by atoms with van der Waals surface area (Å²) in [5.74, 6) is 0.589. The SMILES string of the molecule is COc1cc(NC(=O)N[C@@H](CCN2CC(C(=O)c3ccc(F)cc3)C2)C(O[SiH2]C(C)(C)C)(c2ccccc2)c2ccccc2)cc(OC)c1. The minimum Gasteiger partial charge on any atom is -0.497 e. The lowest BCUT2D eigenvalue weighted by atomic mass is 9.78. The monoisotopic (exact) mass is 683 g/mol. The van der Waals surface area contributed by atoms with E-state index in [1.165, 1.54) is 12.1 Å². The standard InChI is InChI=1S/C39H46FN3O5Si/c1-38(2,3)49-48-39(29-12-8-6-9-13-29,30-14-10-7-11-15-30)35(42-37(45)41-32-22-33(46-4)24-34(23-32)47-5)20-21-43-25-28(26-43)36(44)27-16-18-31(40)19-17-27/h6-19,22-24,28,35H,20-21,25-26,49H2,1-5H3,(H2,41,42,45)/t35-/m0/s1. The molecule has 1 atom stereocenters. The number of amides is 2. The van der Waals surface area contributed by atoms with Crippen LogP contribution in [0.4, 0.5) is 14.9 Å². The molecule has 0 saturated carbocycles. The van der Waals surface area contributed by atoms with Crippen LogP contribution in [0, 0.1) is 11.7 Å². The van der Waals surface area contributed by atoms with Crippen molar-refractivity contribution in [1.82, 2.24) is 10.2 Å². The molecule has 0 bridgehead atoms. The maximum absolute atomic E-state index is 13.9. The Morgan fingerprint density at radius 1 is 0.857 bits per heavy atom. The van der Waals surface area contributed by atoms with Gasteiger partial charge >= 0.3 is 6.03 Å². The number of anilines is 1. The predicted molar refractivity (Wildman–Crippen MR) is 194 cm³/mol. The molecule has 0 aromatic heterocycles. The summed E-state index contributed by atoms with van der Waals surface area (Å²) in [5, 5.41) is 6.27. The Bertz CT molecular complexity index is 1630. The van der Waals surface area contributed by atoms with Crippen LogP contribution in [0.1, 0.15) is 48.7 Å². The average molecular weight is 684 g/mol. The number of methoxy groups -OCH3 is 2. The zero-order chi connectivity index (χ0) is 35.0. The quantitative estimate of drug-likeness (QED) is 0.112. The van der Waals surface area contributed by atoms with Crippen LogP contribution in [0.5, 0.6) is 11.5 Å². The first-order valence-electron chi connectivity index (χ1n) is 16.6. The molecular weight excluding hydrogens is 638 g/mol. The first-order valence-corrected chi connectivity index (χ1v) is 17.9. The van der Waals surface area contributed by atoms with E-state index < -0.39 is 27.4 Å². The number of rotatable bonds is 14. The molecule has 4 aromatic carbocycles. The Morgan fingerprint density at radius 2 is 1.41 bits per heavy atom. The van der Waals surface area contributed by atoms with Crippen LogP contribution in [-0.4, -0.2) is 66.4 Å². The second kappa shape index (κ2) is 15.8. The third-order valence-electron chi connectivity index (χ3n) is 8.73. The molecule has 1 fully saturated rings. The third-order valence-corrected chi connectivity index (χ3v) is 10.2. The number of Topliss-reactive ketones (excluding diaryl/α,β-unsaturated/α-hetero) is 1. The van der Waals surface area contributed by atoms with Crippen LogP contribution in [0.25, 0.3) is 0 Å². The van der Waals surface area contributed by atoms with Gasteiger partial charge in [-0.25, -0.2) is 9.18 Å². The largest absolute Gasteiger partial charge is 0.497 e. The van der Waals surface area contributed by atoms with Gasteiger partial charge in [0.15, 0.2) is 15.5 Å². The average Bonchev–Trinajstić information content (AvgIpc) is 3.08. The number of hydrogen-bond acceptors (Lipinski definition) is 6. The van der Waals surface area contributed by atoms with Gasteiger partial charge in [0, 0.05) is 55.0 Å². The molecule has 2 N–H and O–H groups in total. The van der Waals surface area contributed by atoms with Gasteiger partial charge in [-0.05, 0) is 46.9 Å². The fourth-order valence-electron chi connectivity index (χ4n) is 6.20. The van der Waals surface area contributed by atoms with Gasteiger partial charge in [-0.2, -0.15) is 0 Å². The second-order valence-corrected chi connectivity index (χ2v) is 16.4. The molecular formula is C39H46FN3O5Si. The molecule has 0 radical (unpaired) electrons. The van der Waals surface area contributed by atoms with E-state index in [0.717, 1.165) is 11.1 Å². The molecule has 49 heavy (non-hydrogen) atoms. The Kier molecular flexibility index (Phi) is 11.5. The van der Waals surface area contributed by atoms with Crippen molar-refractivity contribution in [2.75, 3.05) is 39.2 Å². The van der Waals surface area contributed by atoms with Crippen LogP contribution in [0.3, 0.4) is 0 Å². The van der Waals surface area contributed by atoms with E-state index in [2.05, 4.69) is 60.6 Å². The number of hydrogen-bond donors (Lipinski definition) is 2. The number of halogens is 1. The highest BCUT2D eigenvalue weighted by molar-refractivity contribution is 6.32. The number of likely N-dealkylation sites (tertiary alicyclic amines) is 1. The number of urea groups is 1. The van der Waals surface area contributed by atoms with Gasteiger partial charge in [0.25, 0.3) is 0 Å². The lowest BCUT2D eigenvalue weighted by Crippen LogP contribution is -2.57. The lowest BCUT2D eigenvalue weighted by Gasteiger charge is -2.45. The van der Waals surface area contributed by atoms with Crippen LogP contribution in [-0.2, 0) is 10.0 Å². The summed E-state index contributed by atoms with van der Waals surface area (Å²) in [6.07, 6.45) is 0.536. The zero-order valence-electron chi connectivity index (χ0n) is 28.9. The molecule has 0 unspecified atom stereocenters. The molecule has 5 rings (SSSR count). The fraction of sp³-hybridized carbons (Fsp3) is 0.333. The molecule has 1 aliphatic rings. The Labute approximate surface area is 290 Å². The zero-order valence-corrected chi connectivity index (χ0v) is 30.3. The number of carbonyl (C=O) groups excluding carboxylic acids is 2. The molecule has 10 heteroatoms. The van der Waals surface area contributed by atoms with Crippen molar-refractivity contribution in [2.24, 2.45) is 5.92 Å². The van der Waals surface area contributed by atoms with E-state index in [4.69, 9.17) is 13.9 Å². The Morgan fingerprint density at radius 3 is 1.92 bits per heavy atom. The number of nitrogens with zero attached hydrogens (tertiary/aromatic N) is 1. The van der Waals surface area contributed by atoms with Crippen LogP contribution < -0.4 is 20.1 Å². The third kappa shape index (κ3) is 8.94. The second-order valence-electron chi connectivity index (χ2n) is 13.7. The molecule has 8 nitrogen and oxygen atoms in total. The Balaban J connectivity index is 1.47. The number of ether oxygens (including phenoxy) is 2. The summed E-state index contributed by atoms with van der Waals surface area (Å²) in [6, 6.07) is 30.2. The number of carbonyl (C=O) groups is 2. The summed E-state index contributed by atoms with van der Waals surface area (Å²) in [4.78, 5) is 29.3. The van der Waals surface area contributed by atoms with Gasteiger partial charge in [-0.1, -0.05) is 81.4 Å². The van der Waals surface area contributed by atoms with Crippen molar-refractivity contribution in [3.8, 4) is 11.5 Å². The van der Waals surface area contributed by atoms with E-state index >= 15 is 0 Å². The highest BCUT2D eigenvalue weighted by Crippen LogP contribution is 2.41. The fourth-order valence-corrected chi connectivity index (χ4v) is 7.40. The van der Waals surface area contributed by atoms with E-state index in [9.17, 15) is 14.0 Å². The van der Waals surface area contributed by atoms with Gasteiger partial charge in [0.2, 0.25) is 0 Å². The van der Waals surface area contributed by atoms with E-state index in [1.807, 2.05) is 36.4 Å². The van der Waals surface area contributed by atoms with Gasteiger partial charge in [0.05, 0.1) is 20.3 Å². The van der Waals surface area contributed by atoms with E-state index in [1.54, 1.807) is 44.6 Å². The molecule has 258 valence electrons. The lowest BCUT2D eigenvalue weighted by molar-refractivity contribution is 0.0416. The van der Waals surface area contributed by atoms with Crippen molar-refractivity contribution >= 4 is 27.3 Å². The molecule has 4 aromatic rings. The minimum absolute atomic E-state index is 0.0152. The van der Waals surface area contributed by atoms with Gasteiger partial charge in [-0.15, -0.1) is 0 Å². The van der Waals surface area contributed by atoms with Crippen molar-refractivity contribution in [3.05, 3.63) is 126 Å². The molecule has 2 amide bonds. The Hall–Kier alpha value is -4.51. The molecule has 1 aliphatic heterocycles. The van der Waals surface area contributed by atoms with Crippen molar-refractivity contribution in [1.29, 1.82) is 0 Å². The van der Waals surface area contributed by atoms with Gasteiger partial charge < -0.3 is 29.4 Å². The summed E-state index contributed by atoms with van der Waals surface area (Å²) in [6.45, 7) is 8.34. The topological polar surface area (TPSA) is 89.1 Å². The van der Waals surface area contributed by atoms with E-state index in [-0.39, 0.29) is 22.6 Å². The minimum atomic E-state index is -1.16. The highest BCUT2D eigenvalue weighted by atomic mass is 28.2. The first-order chi connectivity index (χ1) is 23.5. The van der Waals surface area contributed by atoms with Gasteiger partial charge in [0.1, 0.15) is 22.9 Å². The molecule has 1 heterocycles. The summed E-state index contributed by atoms with van der Waals surface area (Å²) in [7, 11) is 1.96. The van der Waals surface area contributed by atoms with Crippen LogP contribution >= 0.6 is 0 Å². The number of nitrogens with one attached hydrogen (secondary N) is 2. The smallest absolute Gasteiger partial charge is 0.319 e. The van der Waals surface area contributed by atoms with Crippen LogP contribution in [0.15, 0.2) is 103 Å². The van der Waals surface area contributed by atoms with Crippen LogP contribution in [0.2, 0.25) is 5.04 Å². The van der Waals surface area contributed by atoms with Crippen molar-refractivity contribution < 1.29 is 27.9 Å². The summed E-state index contributed by atoms with van der Waals surface area (Å²) >= 11 is 0. The highest BCUT2D eigenvalue weighted by Gasteiger charge is 2.45. The predicted octanol–water partition coefficient (Wildman–Crippen LogP) is 6.80. The summed E-state index contributed by atoms with van der Waals surface area (Å²) < 4.78 is 31.5. The maximum Gasteiger partial charge on any atom is 0.319 e. The molecule has 0 spiro atoms. The normalized spacial score (nSPS) is 14.7. The first kappa shape index (κ1) is 35.8. The van der Waals surface area contributed by atoms with Crippen molar-refractivity contribution in [3.63, 3.8) is 0 Å². The molecule has 0 aliphatic carbocycles. The summed E-state index contributed by atoms with van der Waals surface area (Å²) in [5.41, 5.74) is 1.93. The molecule has 1 saturated heterocycles. The van der Waals surface area contributed by atoms with E-state index in [0.29, 0.717) is 48.8 Å².